The van der Waals surface area contributed by atoms with E-state index in [1.54, 1.807) is 30.1 Å². The first-order valence-corrected chi connectivity index (χ1v) is 7.66. The van der Waals surface area contributed by atoms with Crippen molar-refractivity contribution < 1.29 is 8.81 Å². The molecule has 5 heteroatoms. The molecule has 0 N–H and O–H groups in total. The molecule has 2 nitrogen and oxygen atoms in total. The lowest BCUT2D eigenvalue weighted by Crippen LogP contribution is -1.80. The van der Waals surface area contributed by atoms with Gasteiger partial charge in [-0.3, -0.25) is 0 Å². The van der Waals surface area contributed by atoms with Crippen LogP contribution in [0.4, 0.5) is 4.39 Å². The van der Waals surface area contributed by atoms with Crippen molar-refractivity contribution >= 4 is 23.4 Å². The maximum absolute atomic E-state index is 12.8. The van der Waals surface area contributed by atoms with Crippen molar-refractivity contribution in [3.8, 4) is 11.3 Å². The molecule has 0 saturated carbocycles. The van der Waals surface area contributed by atoms with E-state index in [0.29, 0.717) is 22.4 Å². The first-order valence-electron chi connectivity index (χ1n) is 6.30. The molecule has 0 unspecified atom stereocenters. The van der Waals surface area contributed by atoms with Crippen molar-refractivity contribution in [1.29, 1.82) is 0 Å². The molecule has 0 aliphatic heterocycles. The summed E-state index contributed by atoms with van der Waals surface area (Å²) >= 11 is 7.50. The average molecular weight is 320 g/mol. The van der Waals surface area contributed by atoms with Crippen LogP contribution in [-0.2, 0) is 5.75 Å². The molecule has 0 aliphatic carbocycles. The zero-order valence-corrected chi connectivity index (χ0v) is 12.5. The second kappa shape index (κ2) is 6.33. The summed E-state index contributed by atoms with van der Waals surface area (Å²) in [5, 5.41) is 0.658. The molecular weight excluding hydrogens is 309 g/mol. The van der Waals surface area contributed by atoms with Gasteiger partial charge in [0.05, 0.1) is 11.9 Å². The van der Waals surface area contributed by atoms with Crippen LogP contribution < -0.4 is 0 Å². The van der Waals surface area contributed by atoms with Gasteiger partial charge in [-0.1, -0.05) is 23.7 Å². The Labute approximate surface area is 131 Å². The van der Waals surface area contributed by atoms with Crippen molar-refractivity contribution in [2.24, 2.45) is 0 Å². The van der Waals surface area contributed by atoms with Crippen molar-refractivity contribution in [3.05, 3.63) is 71.5 Å². The van der Waals surface area contributed by atoms with E-state index < -0.39 is 0 Å². The van der Waals surface area contributed by atoms with Crippen LogP contribution >= 0.6 is 23.4 Å². The molecule has 2 aromatic carbocycles. The molecule has 0 saturated heterocycles. The molecule has 0 atom stereocenters. The molecule has 0 fully saturated rings. The molecule has 3 aromatic rings. The topological polar surface area (TPSA) is 26.0 Å². The summed E-state index contributed by atoms with van der Waals surface area (Å²) in [5.74, 6) is 1.66. The Morgan fingerprint density at radius 2 is 1.95 bits per heavy atom. The smallest absolute Gasteiger partial charge is 0.205 e. The van der Waals surface area contributed by atoms with Crippen molar-refractivity contribution in [1.82, 2.24) is 4.98 Å². The monoisotopic (exact) mass is 319 g/mol. The Kier molecular flexibility index (Phi) is 4.27. The molecule has 0 spiro atoms. The van der Waals surface area contributed by atoms with E-state index in [0.717, 1.165) is 10.5 Å². The second-order valence-corrected chi connectivity index (χ2v) is 5.86. The molecule has 3 rings (SSSR count). The molecule has 0 bridgehead atoms. The van der Waals surface area contributed by atoms with E-state index in [1.165, 1.54) is 12.1 Å². The number of nitrogens with zero attached hydrogens (tertiary/aromatic N) is 1. The summed E-state index contributed by atoms with van der Waals surface area (Å²) in [7, 11) is 0. The van der Waals surface area contributed by atoms with E-state index in [4.69, 9.17) is 16.0 Å². The Bertz CT molecular complexity index is 742. The second-order valence-electron chi connectivity index (χ2n) is 4.37. The minimum Gasteiger partial charge on any atom is -0.440 e. The van der Waals surface area contributed by atoms with E-state index in [1.807, 2.05) is 24.3 Å². The van der Waals surface area contributed by atoms with Gasteiger partial charge in [0.1, 0.15) is 5.82 Å². The Hall–Kier alpha value is -1.78. The van der Waals surface area contributed by atoms with Crippen molar-refractivity contribution in [2.45, 2.75) is 10.6 Å². The first kappa shape index (κ1) is 14.2. The Morgan fingerprint density at radius 3 is 2.71 bits per heavy atom. The summed E-state index contributed by atoms with van der Waals surface area (Å²) < 4.78 is 18.5. The van der Waals surface area contributed by atoms with Crippen molar-refractivity contribution in [3.63, 3.8) is 0 Å². The minimum absolute atomic E-state index is 0.237. The molecule has 21 heavy (non-hydrogen) atoms. The molecular formula is C16H11ClFNOS. The third-order valence-corrected chi connectivity index (χ3v) is 4.07. The highest BCUT2D eigenvalue weighted by molar-refractivity contribution is 7.98. The SMILES string of the molecule is Fc1ccc(SCc2ncc(-c3cccc(Cl)c3)o2)cc1. The van der Waals surface area contributed by atoms with Crippen LogP contribution in [0, 0.1) is 5.82 Å². The number of thioether (sulfide) groups is 1. The van der Waals surface area contributed by atoms with E-state index in [9.17, 15) is 4.39 Å². The highest BCUT2D eigenvalue weighted by atomic mass is 35.5. The first-order chi connectivity index (χ1) is 10.2. The summed E-state index contributed by atoms with van der Waals surface area (Å²) in [5.41, 5.74) is 0.896. The fraction of sp³-hybridized carbons (Fsp3) is 0.0625. The van der Waals surface area contributed by atoms with Crippen molar-refractivity contribution in [2.75, 3.05) is 0 Å². The summed E-state index contributed by atoms with van der Waals surface area (Å²) in [4.78, 5) is 5.22. The van der Waals surface area contributed by atoms with Gasteiger partial charge in [-0.15, -0.1) is 11.8 Å². The van der Waals surface area contributed by atoms with E-state index >= 15 is 0 Å². The lowest BCUT2D eigenvalue weighted by atomic mass is 10.2. The zero-order valence-electron chi connectivity index (χ0n) is 10.9. The van der Waals surface area contributed by atoms with Gasteiger partial charge in [0, 0.05) is 15.5 Å². The maximum atomic E-state index is 12.8. The van der Waals surface area contributed by atoms with Crippen LogP contribution in [0.15, 0.2) is 64.0 Å². The summed E-state index contributed by atoms with van der Waals surface area (Å²) in [6, 6.07) is 13.8. The van der Waals surface area contributed by atoms with Crippen LogP contribution in [0.1, 0.15) is 5.89 Å². The predicted octanol–water partition coefficient (Wildman–Crippen LogP) is 5.43. The zero-order chi connectivity index (χ0) is 14.7. The van der Waals surface area contributed by atoms with Gasteiger partial charge < -0.3 is 4.42 Å². The quantitative estimate of drug-likeness (QED) is 0.600. The van der Waals surface area contributed by atoms with Gasteiger partial charge >= 0.3 is 0 Å². The van der Waals surface area contributed by atoms with Crippen LogP contribution in [0.5, 0.6) is 0 Å². The molecule has 0 aliphatic rings. The van der Waals surface area contributed by atoms with Crippen LogP contribution in [0.2, 0.25) is 5.02 Å². The number of halogens is 2. The minimum atomic E-state index is -0.237. The standard InChI is InChI=1S/C16H11ClFNOS/c17-12-3-1-2-11(8-12)15-9-19-16(20-15)10-21-14-6-4-13(18)5-7-14/h1-9H,10H2. The Balaban J connectivity index is 1.69. The van der Waals surface area contributed by atoms with Crippen LogP contribution in [-0.4, -0.2) is 4.98 Å². The number of benzene rings is 2. The van der Waals surface area contributed by atoms with Gasteiger partial charge in [-0.2, -0.15) is 0 Å². The average Bonchev–Trinajstić information content (AvgIpc) is 2.96. The maximum Gasteiger partial charge on any atom is 0.205 e. The number of hydrogen-bond donors (Lipinski definition) is 0. The fourth-order valence-corrected chi connectivity index (χ4v) is 2.77. The fourth-order valence-electron chi connectivity index (χ4n) is 1.83. The highest BCUT2D eigenvalue weighted by Gasteiger charge is 2.07. The molecule has 0 amide bonds. The van der Waals surface area contributed by atoms with Gasteiger partial charge in [0.2, 0.25) is 5.89 Å². The lowest BCUT2D eigenvalue weighted by molar-refractivity contribution is 0.530. The third-order valence-electron chi connectivity index (χ3n) is 2.84. The van der Waals surface area contributed by atoms with Gasteiger partial charge in [-0.05, 0) is 36.4 Å². The number of aromatic nitrogens is 1. The molecule has 106 valence electrons. The summed E-state index contributed by atoms with van der Waals surface area (Å²) in [6.07, 6.45) is 1.69. The molecule has 1 aromatic heterocycles. The predicted molar refractivity (Wildman–Crippen MR) is 82.9 cm³/mol. The lowest BCUT2D eigenvalue weighted by Gasteiger charge is -1.99. The largest absolute Gasteiger partial charge is 0.440 e. The third kappa shape index (κ3) is 3.65. The number of rotatable bonds is 4. The highest BCUT2D eigenvalue weighted by Crippen LogP contribution is 2.27. The number of oxazole rings is 1. The van der Waals surface area contributed by atoms with E-state index in [2.05, 4.69) is 4.98 Å². The Morgan fingerprint density at radius 1 is 1.14 bits per heavy atom. The van der Waals surface area contributed by atoms with Gasteiger partial charge in [0.15, 0.2) is 5.76 Å². The molecule has 1 heterocycles. The number of hydrogen-bond acceptors (Lipinski definition) is 3. The van der Waals surface area contributed by atoms with Crippen LogP contribution in [0.3, 0.4) is 0 Å². The molecule has 0 radical (unpaired) electrons. The van der Waals surface area contributed by atoms with Gasteiger partial charge in [-0.25, -0.2) is 9.37 Å². The van der Waals surface area contributed by atoms with E-state index in [-0.39, 0.29) is 5.82 Å². The van der Waals surface area contributed by atoms with Crippen LogP contribution in [0.25, 0.3) is 11.3 Å². The normalized spacial score (nSPS) is 10.8. The van der Waals surface area contributed by atoms with Gasteiger partial charge in [0.25, 0.3) is 0 Å². The summed E-state index contributed by atoms with van der Waals surface area (Å²) in [6.45, 7) is 0.